The first-order chi connectivity index (χ1) is 10.7. The Balaban J connectivity index is 1.96. The van der Waals surface area contributed by atoms with Crippen molar-refractivity contribution in [2.75, 3.05) is 6.54 Å². The van der Waals surface area contributed by atoms with Crippen LogP contribution in [-0.2, 0) is 9.31 Å². The highest BCUT2D eigenvalue weighted by molar-refractivity contribution is 9.10. The van der Waals surface area contributed by atoms with Gasteiger partial charge in [0.15, 0.2) is 0 Å². The zero-order chi connectivity index (χ0) is 16.8. The van der Waals surface area contributed by atoms with E-state index in [1.54, 1.807) is 0 Å². The molecule has 7 heteroatoms. The Morgan fingerprint density at radius 1 is 1.30 bits per heavy atom. The molecule has 1 aliphatic heterocycles. The Labute approximate surface area is 144 Å². The SMILES string of the molecule is CC1(C)OB(C(=Cc2[nH]nc3cc(Br)ccc23)CN)OC1(C)C. The molecule has 0 spiro atoms. The van der Waals surface area contributed by atoms with Crippen molar-refractivity contribution in [2.45, 2.75) is 38.9 Å². The highest BCUT2D eigenvalue weighted by atomic mass is 79.9. The number of aromatic amines is 1. The second-order valence-electron chi connectivity index (χ2n) is 6.81. The maximum atomic E-state index is 6.08. The van der Waals surface area contributed by atoms with Gasteiger partial charge in [0.2, 0.25) is 0 Å². The molecule has 5 nitrogen and oxygen atoms in total. The van der Waals surface area contributed by atoms with E-state index in [4.69, 9.17) is 15.0 Å². The Morgan fingerprint density at radius 3 is 2.57 bits per heavy atom. The van der Waals surface area contributed by atoms with E-state index in [1.165, 1.54) is 0 Å². The molecule has 0 radical (unpaired) electrons. The summed E-state index contributed by atoms with van der Waals surface area (Å²) in [6.07, 6.45) is 1.98. The fraction of sp³-hybridized carbons (Fsp3) is 0.438. The topological polar surface area (TPSA) is 73.2 Å². The summed E-state index contributed by atoms with van der Waals surface area (Å²) in [5.74, 6) is 0. The van der Waals surface area contributed by atoms with Crippen molar-refractivity contribution in [3.05, 3.63) is 33.8 Å². The quantitative estimate of drug-likeness (QED) is 0.805. The average molecular weight is 378 g/mol. The zero-order valence-electron chi connectivity index (χ0n) is 13.8. The molecule has 3 rings (SSSR count). The average Bonchev–Trinajstić information content (AvgIpc) is 2.94. The first-order valence-electron chi connectivity index (χ1n) is 7.63. The third-order valence-electron chi connectivity index (χ3n) is 4.67. The van der Waals surface area contributed by atoms with Crippen LogP contribution < -0.4 is 5.73 Å². The van der Waals surface area contributed by atoms with Crippen molar-refractivity contribution in [3.8, 4) is 0 Å². The van der Waals surface area contributed by atoms with E-state index in [2.05, 4.69) is 26.1 Å². The van der Waals surface area contributed by atoms with Crippen molar-refractivity contribution >= 4 is 40.0 Å². The molecule has 0 saturated carbocycles. The number of fused-ring (bicyclic) bond motifs is 1. The molecule has 0 bridgehead atoms. The molecular weight excluding hydrogens is 357 g/mol. The third kappa shape index (κ3) is 2.98. The van der Waals surface area contributed by atoms with Gasteiger partial charge >= 0.3 is 7.12 Å². The Bertz CT molecular complexity index is 754. The van der Waals surface area contributed by atoms with Crippen LogP contribution in [0.25, 0.3) is 17.0 Å². The van der Waals surface area contributed by atoms with Gasteiger partial charge in [-0.15, -0.1) is 0 Å². The Hall–Kier alpha value is -1.15. The Kier molecular flexibility index (Phi) is 4.17. The first-order valence-corrected chi connectivity index (χ1v) is 8.42. The van der Waals surface area contributed by atoms with Gasteiger partial charge in [0.05, 0.1) is 22.4 Å². The lowest BCUT2D eigenvalue weighted by Gasteiger charge is -2.32. The van der Waals surface area contributed by atoms with Gasteiger partial charge in [-0.3, -0.25) is 5.10 Å². The number of nitrogens with two attached hydrogens (primary N) is 1. The van der Waals surface area contributed by atoms with Gasteiger partial charge in [-0.1, -0.05) is 15.9 Å². The zero-order valence-corrected chi connectivity index (χ0v) is 15.4. The lowest BCUT2D eigenvalue weighted by molar-refractivity contribution is 0.00578. The van der Waals surface area contributed by atoms with Crippen molar-refractivity contribution in [1.82, 2.24) is 10.2 Å². The van der Waals surface area contributed by atoms with E-state index in [0.29, 0.717) is 6.54 Å². The molecule has 1 aromatic carbocycles. The number of halogens is 1. The summed E-state index contributed by atoms with van der Waals surface area (Å²) in [5.41, 5.74) is 7.87. The van der Waals surface area contributed by atoms with Gasteiger partial charge in [-0.05, 0) is 57.4 Å². The van der Waals surface area contributed by atoms with Crippen molar-refractivity contribution in [3.63, 3.8) is 0 Å². The normalized spacial score (nSPS) is 20.4. The lowest BCUT2D eigenvalue weighted by atomic mass is 9.77. The molecular formula is C16H21BBrN3O2. The van der Waals surface area contributed by atoms with Crippen LogP contribution in [0.2, 0.25) is 0 Å². The summed E-state index contributed by atoms with van der Waals surface area (Å²) in [5, 5.41) is 8.42. The van der Waals surface area contributed by atoms with Crippen LogP contribution in [-0.4, -0.2) is 35.1 Å². The Morgan fingerprint density at radius 2 is 1.96 bits per heavy atom. The van der Waals surface area contributed by atoms with E-state index >= 15 is 0 Å². The molecule has 1 fully saturated rings. The van der Waals surface area contributed by atoms with E-state index < -0.39 is 7.12 Å². The number of rotatable bonds is 3. The summed E-state index contributed by atoms with van der Waals surface area (Å²) < 4.78 is 13.2. The summed E-state index contributed by atoms with van der Waals surface area (Å²) in [6.45, 7) is 8.48. The largest absolute Gasteiger partial charge is 0.491 e. The molecule has 1 saturated heterocycles. The smallest absolute Gasteiger partial charge is 0.400 e. The van der Waals surface area contributed by atoms with Gasteiger partial charge in [0.1, 0.15) is 0 Å². The minimum Gasteiger partial charge on any atom is -0.400 e. The van der Waals surface area contributed by atoms with Crippen LogP contribution in [0.3, 0.4) is 0 Å². The molecule has 0 unspecified atom stereocenters. The second-order valence-corrected chi connectivity index (χ2v) is 7.73. The summed E-state index contributed by atoms with van der Waals surface area (Å²) in [4.78, 5) is 0. The molecule has 3 N–H and O–H groups in total. The molecule has 23 heavy (non-hydrogen) atoms. The van der Waals surface area contributed by atoms with Gasteiger partial charge in [0, 0.05) is 16.4 Å². The van der Waals surface area contributed by atoms with Crippen LogP contribution in [0.4, 0.5) is 0 Å². The number of hydrogen-bond acceptors (Lipinski definition) is 4. The number of H-pyrrole nitrogens is 1. The van der Waals surface area contributed by atoms with Crippen LogP contribution >= 0.6 is 15.9 Å². The minimum atomic E-state index is -0.446. The molecule has 2 heterocycles. The molecule has 0 aliphatic carbocycles. The minimum absolute atomic E-state index is 0.355. The number of nitrogens with one attached hydrogen (secondary N) is 1. The molecule has 1 aliphatic rings. The van der Waals surface area contributed by atoms with Crippen LogP contribution in [0.15, 0.2) is 28.1 Å². The fourth-order valence-electron chi connectivity index (χ4n) is 2.52. The number of benzene rings is 1. The van der Waals surface area contributed by atoms with Crippen molar-refractivity contribution in [2.24, 2.45) is 5.73 Å². The van der Waals surface area contributed by atoms with Crippen LogP contribution in [0.5, 0.6) is 0 Å². The predicted molar refractivity (Wildman–Crippen MR) is 96.9 cm³/mol. The van der Waals surface area contributed by atoms with Crippen molar-refractivity contribution in [1.29, 1.82) is 0 Å². The van der Waals surface area contributed by atoms with E-state index in [9.17, 15) is 0 Å². The first kappa shape index (κ1) is 16.7. The van der Waals surface area contributed by atoms with Crippen molar-refractivity contribution < 1.29 is 9.31 Å². The van der Waals surface area contributed by atoms with Gasteiger partial charge < -0.3 is 15.0 Å². The van der Waals surface area contributed by atoms with E-state index in [1.807, 2.05) is 52.0 Å². The third-order valence-corrected chi connectivity index (χ3v) is 5.16. The lowest BCUT2D eigenvalue weighted by Crippen LogP contribution is -2.41. The number of aromatic nitrogens is 2. The standard InChI is InChI=1S/C16H21BBrN3O2/c1-15(2)16(3,4)23-17(22-15)10(9-19)7-13-12-6-5-11(18)8-14(12)21-20-13/h5-8H,9,19H2,1-4H3,(H,20,21). The van der Waals surface area contributed by atoms with Gasteiger partial charge in [-0.2, -0.15) is 5.10 Å². The van der Waals surface area contributed by atoms with Gasteiger partial charge in [-0.25, -0.2) is 0 Å². The van der Waals surface area contributed by atoms with Gasteiger partial charge in [0.25, 0.3) is 0 Å². The predicted octanol–water partition coefficient (Wildman–Crippen LogP) is 3.30. The summed E-state index contributed by atoms with van der Waals surface area (Å²) >= 11 is 3.46. The maximum Gasteiger partial charge on any atom is 0.491 e. The van der Waals surface area contributed by atoms with Crippen LogP contribution in [0.1, 0.15) is 33.4 Å². The fourth-order valence-corrected chi connectivity index (χ4v) is 2.87. The monoisotopic (exact) mass is 377 g/mol. The summed E-state index contributed by atoms with van der Waals surface area (Å²) in [7, 11) is -0.446. The maximum absolute atomic E-state index is 6.08. The number of nitrogens with zero attached hydrogens (tertiary/aromatic N) is 1. The molecule has 0 amide bonds. The number of hydrogen-bond donors (Lipinski definition) is 2. The highest BCUT2D eigenvalue weighted by Crippen LogP contribution is 2.38. The molecule has 1 aromatic heterocycles. The van der Waals surface area contributed by atoms with Crippen LogP contribution in [0, 0.1) is 0 Å². The molecule has 2 aromatic rings. The van der Waals surface area contributed by atoms with E-state index in [-0.39, 0.29) is 11.2 Å². The molecule has 122 valence electrons. The highest BCUT2D eigenvalue weighted by Gasteiger charge is 2.52. The second kappa shape index (κ2) is 5.74. The summed E-state index contributed by atoms with van der Waals surface area (Å²) in [6, 6.07) is 5.99. The van der Waals surface area contributed by atoms with E-state index in [0.717, 1.165) is 26.5 Å². The molecule has 0 atom stereocenters.